The minimum Gasteiger partial charge on any atom is -0.390 e. The molecule has 1 unspecified atom stereocenters. The fraction of sp³-hybridized carbons (Fsp3) is 0.385. The summed E-state index contributed by atoms with van der Waals surface area (Å²) in [6, 6.07) is 4.13. The summed E-state index contributed by atoms with van der Waals surface area (Å²) in [5.41, 5.74) is 4.38. The second-order valence-corrected chi connectivity index (χ2v) is 4.62. The lowest BCUT2D eigenvalue weighted by molar-refractivity contribution is 0.154. The number of aromatic amines is 1. The fourth-order valence-electron chi connectivity index (χ4n) is 2.13. The highest BCUT2D eigenvalue weighted by Crippen LogP contribution is 2.22. The van der Waals surface area contributed by atoms with Crippen molar-refractivity contribution in [2.24, 2.45) is 0 Å². The zero-order valence-corrected chi connectivity index (χ0v) is 11.2. The van der Waals surface area contributed by atoms with Gasteiger partial charge in [0, 0.05) is 12.2 Å². The van der Waals surface area contributed by atoms with Crippen LogP contribution in [0.15, 0.2) is 21.3 Å². The fourth-order valence-corrected chi connectivity index (χ4v) is 2.13. The van der Waals surface area contributed by atoms with E-state index in [4.69, 9.17) is 4.42 Å². The van der Waals surface area contributed by atoms with Gasteiger partial charge in [-0.25, -0.2) is 9.89 Å². The predicted molar refractivity (Wildman–Crippen MR) is 71.2 cm³/mol. The summed E-state index contributed by atoms with van der Waals surface area (Å²) in [6.07, 6.45) is -0.973. The molecular weight excluding hydrogens is 246 g/mol. The van der Waals surface area contributed by atoms with Gasteiger partial charge in [0.15, 0.2) is 0 Å². The monoisotopic (exact) mass is 263 g/mol. The summed E-state index contributed by atoms with van der Waals surface area (Å²) in [5.74, 6) is -0.684. The van der Waals surface area contributed by atoms with Crippen LogP contribution in [-0.4, -0.2) is 21.8 Å². The van der Waals surface area contributed by atoms with Crippen molar-refractivity contribution < 1.29 is 9.52 Å². The van der Waals surface area contributed by atoms with E-state index in [1.54, 1.807) is 0 Å². The Bertz CT molecular complexity index is 607. The first-order chi connectivity index (χ1) is 8.97. The Morgan fingerprint density at radius 2 is 2.00 bits per heavy atom. The molecule has 2 aromatic rings. The van der Waals surface area contributed by atoms with E-state index in [0.717, 1.165) is 16.8 Å². The Morgan fingerprint density at radius 1 is 1.37 bits per heavy atom. The van der Waals surface area contributed by atoms with Gasteiger partial charge in [-0.15, -0.1) is 5.10 Å². The molecule has 0 saturated carbocycles. The minimum atomic E-state index is -0.973. The van der Waals surface area contributed by atoms with Gasteiger partial charge in [0.05, 0.1) is 0 Å². The Hall–Kier alpha value is -2.08. The molecule has 0 aliphatic heterocycles. The first-order valence-electron chi connectivity index (χ1n) is 6.02. The van der Waals surface area contributed by atoms with Crippen LogP contribution in [-0.2, 0) is 0 Å². The number of nitrogens with zero attached hydrogens (tertiary/aromatic N) is 1. The van der Waals surface area contributed by atoms with Crippen LogP contribution in [0.1, 0.15) is 28.7 Å². The number of aryl methyl sites for hydroxylation is 3. The first kappa shape index (κ1) is 13.4. The van der Waals surface area contributed by atoms with Gasteiger partial charge in [0.1, 0.15) is 6.10 Å². The second kappa shape index (κ2) is 5.27. The first-order valence-corrected chi connectivity index (χ1v) is 6.02. The van der Waals surface area contributed by atoms with Crippen molar-refractivity contribution in [1.82, 2.24) is 10.2 Å². The molecule has 6 heteroatoms. The number of aliphatic hydroxyl groups is 1. The van der Waals surface area contributed by atoms with E-state index in [-0.39, 0.29) is 12.4 Å². The van der Waals surface area contributed by atoms with E-state index < -0.39 is 11.9 Å². The Morgan fingerprint density at radius 3 is 2.53 bits per heavy atom. The smallest absolute Gasteiger partial charge is 0.390 e. The van der Waals surface area contributed by atoms with Gasteiger partial charge in [-0.05, 0) is 31.9 Å². The molecule has 102 valence electrons. The van der Waals surface area contributed by atoms with E-state index in [1.165, 1.54) is 5.56 Å². The van der Waals surface area contributed by atoms with Crippen LogP contribution < -0.4 is 11.1 Å². The molecule has 0 spiro atoms. The lowest BCUT2D eigenvalue weighted by Gasteiger charge is -2.15. The van der Waals surface area contributed by atoms with E-state index >= 15 is 0 Å². The van der Waals surface area contributed by atoms with Crippen molar-refractivity contribution >= 4 is 5.69 Å². The third kappa shape index (κ3) is 3.03. The van der Waals surface area contributed by atoms with Gasteiger partial charge in [-0.3, -0.25) is 0 Å². The molecule has 2 rings (SSSR count). The molecule has 0 amide bonds. The maximum atomic E-state index is 10.8. The standard InChI is InChI=1S/C13H17N3O3/c1-7-4-8(2)11(9(3)5-7)14-6-10(17)12-15-16-13(18)19-12/h4-5,10,14,17H,6H2,1-3H3,(H,16,18). The highest BCUT2D eigenvalue weighted by molar-refractivity contribution is 5.58. The van der Waals surface area contributed by atoms with E-state index in [2.05, 4.69) is 27.6 Å². The minimum absolute atomic E-state index is 0.0140. The number of hydrogen-bond donors (Lipinski definition) is 3. The number of hydrogen-bond acceptors (Lipinski definition) is 5. The summed E-state index contributed by atoms with van der Waals surface area (Å²) in [5, 5.41) is 18.7. The molecule has 0 saturated heterocycles. The molecule has 3 N–H and O–H groups in total. The Labute approximate surface area is 110 Å². The van der Waals surface area contributed by atoms with Gasteiger partial charge in [-0.2, -0.15) is 0 Å². The quantitative estimate of drug-likeness (QED) is 0.776. The summed E-state index contributed by atoms with van der Waals surface area (Å²) in [7, 11) is 0. The molecule has 0 aliphatic rings. The zero-order valence-electron chi connectivity index (χ0n) is 11.2. The third-order valence-corrected chi connectivity index (χ3v) is 2.89. The van der Waals surface area contributed by atoms with Crippen molar-refractivity contribution in [3.8, 4) is 0 Å². The maximum absolute atomic E-state index is 10.8. The van der Waals surface area contributed by atoms with Crippen LogP contribution in [0, 0.1) is 20.8 Å². The Kier molecular flexibility index (Phi) is 3.71. The maximum Gasteiger partial charge on any atom is 0.434 e. The van der Waals surface area contributed by atoms with Crippen LogP contribution in [0.3, 0.4) is 0 Å². The van der Waals surface area contributed by atoms with Crippen molar-refractivity contribution in [3.05, 3.63) is 45.3 Å². The van der Waals surface area contributed by atoms with Gasteiger partial charge in [0.2, 0.25) is 5.89 Å². The zero-order chi connectivity index (χ0) is 14.0. The van der Waals surface area contributed by atoms with E-state index in [0.29, 0.717) is 0 Å². The molecular formula is C13H17N3O3. The molecule has 1 aromatic heterocycles. The van der Waals surface area contributed by atoms with Gasteiger partial charge < -0.3 is 14.8 Å². The second-order valence-electron chi connectivity index (χ2n) is 4.62. The lowest BCUT2D eigenvalue weighted by atomic mass is 10.1. The van der Waals surface area contributed by atoms with Crippen LogP contribution in [0.4, 0.5) is 5.69 Å². The normalized spacial score (nSPS) is 12.4. The molecule has 0 radical (unpaired) electrons. The van der Waals surface area contributed by atoms with Crippen molar-refractivity contribution in [2.75, 3.05) is 11.9 Å². The molecule has 1 atom stereocenters. The summed E-state index contributed by atoms with van der Waals surface area (Å²) < 4.78 is 4.70. The van der Waals surface area contributed by atoms with Gasteiger partial charge in [-0.1, -0.05) is 17.7 Å². The largest absolute Gasteiger partial charge is 0.434 e. The Balaban J connectivity index is 2.09. The van der Waals surface area contributed by atoms with E-state index in [1.807, 2.05) is 20.8 Å². The molecule has 0 fully saturated rings. The predicted octanol–water partition coefficient (Wildman–Crippen LogP) is 1.43. The van der Waals surface area contributed by atoms with Crippen molar-refractivity contribution in [2.45, 2.75) is 26.9 Å². The highest BCUT2D eigenvalue weighted by Gasteiger charge is 2.14. The van der Waals surface area contributed by atoms with Crippen LogP contribution in [0.25, 0.3) is 0 Å². The van der Waals surface area contributed by atoms with Crippen LogP contribution in [0.5, 0.6) is 0 Å². The topological polar surface area (TPSA) is 91.1 Å². The van der Waals surface area contributed by atoms with Gasteiger partial charge >= 0.3 is 5.76 Å². The molecule has 19 heavy (non-hydrogen) atoms. The number of H-pyrrole nitrogens is 1. The summed E-state index contributed by atoms with van der Waals surface area (Å²) in [4.78, 5) is 10.8. The van der Waals surface area contributed by atoms with Crippen molar-refractivity contribution in [1.29, 1.82) is 0 Å². The molecule has 1 aromatic carbocycles. The average molecular weight is 263 g/mol. The summed E-state index contributed by atoms with van der Waals surface area (Å²) >= 11 is 0. The summed E-state index contributed by atoms with van der Waals surface area (Å²) in [6.45, 7) is 6.27. The van der Waals surface area contributed by atoms with Crippen molar-refractivity contribution in [3.63, 3.8) is 0 Å². The van der Waals surface area contributed by atoms with Crippen LogP contribution >= 0.6 is 0 Å². The average Bonchev–Trinajstić information content (AvgIpc) is 2.74. The number of benzene rings is 1. The van der Waals surface area contributed by atoms with Crippen LogP contribution in [0.2, 0.25) is 0 Å². The lowest BCUT2D eigenvalue weighted by Crippen LogP contribution is -2.14. The number of aromatic nitrogens is 2. The third-order valence-electron chi connectivity index (χ3n) is 2.89. The SMILES string of the molecule is Cc1cc(C)c(NCC(O)c2n[nH]c(=O)o2)c(C)c1. The molecule has 6 nitrogen and oxygen atoms in total. The number of nitrogens with one attached hydrogen (secondary N) is 2. The van der Waals surface area contributed by atoms with E-state index in [9.17, 15) is 9.90 Å². The van der Waals surface area contributed by atoms with Gasteiger partial charge in [0.25, 0.3) is 0 Å². The number of aliphatic hydroxyl groups excluding tert-OH is 1. The number of rotatable bonds is 4. The highest BCUT2D eigenvalue weighted by atomic mass is 16.4. The molecule has 0 aliphatic carbocycles. The molecule has 1 heterocycles. The molecule has 0 bridgehead atoms. The number of anilines is 1.